The SMILES string of the molecule is CCC(C)(CCO)N1CC2(CCCCC2)C1. The summed E-state index contributed by atoms with van der Waals surface area (Å²) in [6, 6.07) is 0. The van der Waals surface area contributed by atoms with Gasteiger partial charge in [0.15, 0.2) is 0 Å². The standard InChI is InChI=1S/C14H27NO/c1-3-13(2,9-10-16)15-11-14(12-15)7-5-4-6-8-14/h16H,3-12H2,1-2H3. The Hall–Kier alpha value is -0.0800. The maximum absolute atomic E-state index is 9.18. The van der Waals surface area contributed by atoms with E-state index in [9.17, 15) is 5.11 Å². The van der Waals surface area contributed by atoms with Crippen LogP contribution in [0.15, 0.2) is 0 Å². The topological polar surface area (TPSA) is 23.5 Å². The summed E-state index contributed by atoms with van der Waals surface area (Å²) in [7, 11) is 0. The third-order valence-corrected chi connectivity index (χ3v) is 5.14. The molecule has 2 aliphatic rings. The van der Waals surface area contributed by atoms with Gasteiger partial charge >= 0.3 is 0 Å². The number of hydrogen-bond donors (Lipinski definition) is 1. The maximum Gasteiger partial charge on any atom is 0.0448 e. The number of aliphatic hydroxyl groups is 1. The summed E-state index contributed by atoms with van der Waals surface area (Å²) >= 11 is 0. The average Bonchev–Trinajstić information content (AvgIpc) is 2.27. The van der Waals surface area contributed by atoms with E-state index >= 15 is 0 Å². The van der Waals surface area contributed by atoms with Crippen LogP contribution in [0.1, 0.15) is 58.8 Å². The highest BCUT2D eigenvalue weighted by Gasteiger charge is 2.48. The van der Waals surface area contributed by atoms with Crippen molar-refractivity contribution in [3.8, 4) is 0 Å². The lowest BCUT2D eigenvalue weighted by molar-refractivity contribution is -0.0979. The molecule has 1 saturated heterocycles. The average molecular weight is 225 g/mol. The van der Waals surface area contributed by atoms with E-state index in [1.54, 1.807) is 0 Å². The molecule has 1 aliphatic heterocycles. The second-order valence-corrected chi connectivity index (χ2v) is 6.24. The monoisotopic (exact) mass is 225 g/mol. The molecule has 0 radical (unpaired) electrons. The van der Waals surface area contributed by atoms with Gasteiger partial charge in [0.1, 0.15) is 0 Å². The molecular formula is C14H27NO. The minimum absolute atomic E-state index is 0.247. The Labute approximate surface area is 100 Å². The van der Waals surface area contributed by atoms with Crippen LogP contribution in [-0.4, -0.2) is 35.2 Å². The molecule has 2 rings (SSSR count). The first kappa shape index (κ1) is 12.4. The summed E-state index contributed by atoms with van der Waals surface area (Å²) in [6.07, 6.45) is 9.31. The Morgan fingerprint density at radius 2 is 1.81 bits per heavy atom. The molecule has 16 heavy (non-hydrogen) atoms. The first-order valence-corrected chi connectivity index (χ1v) is 7.00. The Balaban J connectivity index is 1.90. The number of hydrogen-bond acceptors (Lipinski definition) is 2. The van der Waals surface area contributed by atoms with Gasteiger partial charge in [0.25, 0.3) is 0 Å². The zero-order chi connectivity index (χ0) is 11.6. The Morgan fingerprint density at radius 3 is 2.31 bits per heavy atom. The van der Waals surface area contributed by atoms with Gasteiger partial charge in [-0.1, -0.05) is 26.2 Å². The summed E-state index contributed by atoms with van der Waals surface area (Å²) < 4.78 is 0. The van der Waals surface area contributed by atoms with Crippen molar-refractivity contribution in [1.82, 2.24) is 4.90 Å². The predicted octanol–water partition coefficient (Wildman–Crippen LogP) is 2.80. The molecule has 0 bridgehead atoms. The normalized spacial score (nSPS) is 28.7. The van der Waals surface area contributed by atoms with Crippen molar-refractivity contribution in [3.05, 3.63) is 0 Å². The molecule has 1 saturated carbocycles. The molecule has 0 aromatic heterocycles. The molecule has 1 N–H and O–H groups in total. The van der Waals surface area contributed by atoms with Crippen LogP contribution in [0.4, 0.5) is 0 Å². The molecule has 1 atom stereocenters. The number of rotatable bonds is 4. The van der Waals surface area contributed by atoms with E-state index in [1.807, 2.05) is 0 Å². The van der Waals surface area contributed by atoms with Crippen LogP contribution < -0.4 is 0 Å². The Morgan fingerprint density at radius 1 is 1.19 bits per heavy atom. The van der Waals surface area contributed by atoms with Crippen molar-refractivity contribution in [2.45, 2.75) is 64.3 Å². The highest BCUT2D eigenvalue weighted by atomic mass is 16.3. The van der Waals surface area contributed by atoms with Crippen LogP contribution in [-0.2, 0) is 0 Å². The molecule has 94 valence electrons. The minimum Gasteiger partial charge on any atom is -0.396 e. The fourth-order valence-electron chi connectivity index (χ4n) is 3.56. The zero-order valence-corrected chi connectivity index (χ0v) is 11.0. The van der Waals surface area contributed by atoms with Crippen LogP contribution in [0.2, 0.25) is 0 Å². The van der Waals surface area contributed by atoms with E-state index < -0.39 is 0 Å². The van der Waals surface area contributed by atoms with Gasteiger partial charge < -0.3 is 5.11 Å². The van der Waals surface area contributed by atoms with Crippen molar-refractivity contribution in [3.63, 3.8) is 0 Å². The second-order valence-electron chi connectivity index (χ2n) is 6.24. The lowest BCUT2D eigenvalue weighted by Gasteiger charge is -2.59. The maximum atomic E-state index is 9.18. The largest absolute Gasteiger partial charge is 0.396 e. The fraction of sp³-hybridized carbons (Fsp3) is 1.00. The molecule has 2 heteroatoms. The summed E-state index contributed by atoms with van der Waals surface area (Å²) in [4.78, 5) is 2.62. The first-order valence-electron chi connectivity index (χ1n) is 7.00. The van der Waals surface area contributed by atoms with E-state index in [-0.39, 0.29) is 5.54 Å². The molecule has 0 amide bonds. The third kappa shape index (κ3) is 2.14. The Kier molecular flexibility index (Phi) is 3.60. The first-order chi connectivity index (χ1) is 7.64. The molecule has 1 aliphatic carbocycles. The van der Waals surface area contributed by atoms with Gasteiger partial charge in [-0.15, -0.1) is 0 Å². The summed E-state index contributed by atoms with van der Waals surface area (Å²) in [5, 5.41) is 9.18. The number of nitrogens with zero attached hydrogens (tertiary/aromatic N) is 1. The molecule has 2 nitrogen and oxygen atoms in total. The number of aliphatic hydroxyl groups excluding tert-OH is 1. The van der Waals surface area contributed by atoms with Crippen LogP contribution in [0.5, 0.6) is 0 Å². The predicted molar refractivity (Wildman–Crippen MR) is 67.5 cm³/mol. The van der Waals surface area contributed by atoms with Gasteiger partial charge in [-0.2, -0.15) is 0 Å². The van der Waals surface area contributed by atoms with Crippen molar-refractivity contribution in [1.29, 1.82) is 0 Å². The lowest BCUT2D eigenvalue weighted by atomic mass is 9.66. The van der Waals surface area contributed by atoms with E-state index in [4.69, 9.17) is 0 Å². The van der Waals surface area contributed by atoms with E-state index in [1.165, 1.54) is 45.2 Å². The molecule has 2 fully saturated rings. The van der Waals surface area contributed by atoms with Gasteiger partial charge in [-0.05, 0) is 38.0 Å². The molecule has 1 heterocycles. The molecule has 0 aromatic carbocycles. The van der Waals surface area contributed by atoms with E-state index in [2.05, 4.69) is 18.7 Å². The summed E-state index contributed by atoms with van der Waals surface area (Å²) in [5.41, 5.74) is 0.918. The summed E-state index contributed by atoms with van der Waals surface area (Å²) in [5.74, 6) is 0. The van der Waals surface area contributed by atoms with Gasteiger partial charge in [0.05, 0.1) is 0 Å². The lowest BCUT2D eigenvalue weighted by Crippen LogP contribution is -2.64. The fourth-order valence-corrected chi connectivity index (χ4v) is 3.56. The highest BCUT2D eigenvalue weighted by molar-refractivity contribution is 5.02. The second kappa shape index (κ2) is 4.66. The van der Waals surface area contributed by atoms with E-state index in [0.717, 1.165) is 12.8 Å². The van der Waals surface area contributed by atoms with Crippen molar-refractivity contribution in [2.75, 3.05) is 19.7 Å². The molecule has 1 spiro atoms. The van der Waals surface area contributed by atoms with Gasteiger partial charge in [0, 0.05) is 25.2 Å². The molecular weight excluding hydrogens is 198 g/mol. The molecule has 1 unspecified atom stereocenters. The van der Waals surface area contributed by atoms with Gasteiger partial charge in [-0.3, -0.25) is 4.90 Å². The van der Waals surface area contributed by atoms with Crippen molar-refractivity contribution >= 4 is 0 Å². The quantitative estimate of drug-likeness (QED) is 0.795. The van der Waals surface area contributed by atoms with Gasteiger partial charge in [-0.25, -0.2) is 0 Å². The van der Waals surface area contributed by atoms with Crippen LogP contribution >= 0.6 is 0 Å². The molecule has 0 aromatic rings. The Bertz CT molecular complexity index is 227. The number of likely N-dealkylation sites (tertiary alicyclic amines) is 1. The van der Waals surface area contributed by atoms with Crippen LogP contribution in [0.25, 0.3) is 0 Å². The minimum atomic E-state index is 0.247. The smallest absolute Gasteiger partial charge is 0.0448 e. The van der Waals surface area contributed by atoms with Crippen molar-refractivity contribution < 1.29 is 5.11 Å². The van der Waals surface area contributed by atoms with Crippen LogP contribution in [0, 0.1) is 5.41 Å². The highest BCUT2D eigenvalue weighted by Crippen LogP contribution is 2.47. The van der Waals surface area contributed by atoms with Crippen molar-refractivity contribution in [2.24, 2.45) is 5.41 Å². The zero-order valence-electron chi connectivity index (χ0n) is 11.0. The van der Waals surface area contributed by atoms with Crippen LogP contribution in [0.3, 0.4) is 0 Å². The summed E-state index contributed by atoms with van der Waals surface area (Å²) in [6.45, 7) is 7.48. The van der Waals surface area contributed by atoms with E-state index in [0.29, 0.717) is 12.0 Å². The van der Waals surface area contributed by atoms with Gasteiger partial charge in [0.2, 0.25) is 0 Å². The third-order valence-electron chi connectivity index (χ3n) is 5.14.